The summed E-state index contributed by atoms with van der Waals surface area (Å²) in [4.78, 5) is 21.2. The molecule has 0 unspecified atom stereocenters. The first-order valence-corrected chi connectivity index (χ1v) is 9.71. The fourth-order valence-corrected chi connectivity index (χ4v) is 4.50. The molecule has 2 aliphatic rings. The zero-order valence-corrected chi connectivity index (χ0v) is 15.8. The van der Waals surface area contributed by atoms with Crippen LogP contribution in [0, 0.1) is 5.92 Å². The Morgan fingerprint density at radius 3 is 2.68 bits per heavy atom. The van der Waals surface area contributed by atoms with Crippen LogP contribution in [0.3, 0.4) is 0 Å². The van der Waals surface area contributed by atoms with E-state index < -0.39 is 0 Å². The van der Waals surface area contributed by atoms with Crippen LogP contribution in [-0.2, 0) is 0 Å². The summed E-state index contributed by atoms with van der Waals surface area (Å²) in [6, 6.07) is 11.5. The molecule has 8 heteroatoms. The fraction of sp³-hybridized carbons (Fsp3) is 0.300. The lowest BCUT2D eigenvalue weighted by atomic mass is 10.0. The second-order valence-electron chi connectivity index (χ2n) is 7.31. The zero-order valence-electron chi connectivity index (χ0n) is 15.1. The molecule has 2 aromatic heterocycles. The summed E-state index contributed by atoms with van der Waals surface area (Å²) in [5.41, 5.74) is 1.32. The zero-order chi connectivity index (χ0) is 19.1. The molecule has 1 saturated heterocycles. The number of benzene rings is 1. The van der Waals surface area contributed by atoms with Gasteiger partial charge in [0.15, 0.2) is 0 Å². The van der Waals surface area contributed by atoms with Gasteiger partial charge < -0.3 is 10.2 Å². The van der Waals surface area contributed by atoms with Crippen molar-refractivity contribution in [1.29, 1.82) is 0 Å². The van der Waals surface area contributed by atoms with Gasteiger partial charge in [-0.3, -0.25) is 4.79 Å². The van der Waals surface area contributed by atoms with Crippen LogP contribution in [0.15, 0.2) is 55.0 Å². The number of hydrogen-bond acceptors (Lipinski definition) is 5. The summed E-state index contributed by atoms with van der Waals surface area (Å²) in [6.45, 7) is 0.788. The number of anilines is 1. The summed E-state index contributed by atoms with van der Waals surface area (Å²) >= 11 is 5.93. The van der Waals surface area contributed by atoms with Crippen molar-refractivity contribution >= 4 is 23.3 Å². The third-order valence-electron chi connectivity index (χ3n) is 5.57. The molecule has 3 atom stereocenters. The Kier molecular flexibility index (Phi) is 4.24. The maximum atomic E-state index is 13.4. The van der Waals surface area contributed by atoms with E-state index in [9.17, 15) is 4.79 Å². The number of pyridine rings is 1. The summed E-state index contributed by atoms with van der Waals surface area (Å²) < 4.78 is 0. The number of piperidine rings is 1. The minimum absolute atomic E-state index is 0.0240. The molecule has 3 aromatic rings. The van der Waals surface area contributed by atoms with Crippen LogP contribution in [-0.4, -0.2) is 49.4 Å². The monoisotopic (exact) mass is 394 g/mol. The highest BCUT2D eigenvalue weighted by atomic mass is 35.5. The number of rotatable bonds is 4. The third-order valence-corrected chi connectivity index (χ3v) is 5.80. The van der Waals surface area contributed by atoms with Gasteiger partial charge in [-0.2, -0.15) is 15.0 Å². The first kappa shape index (κ1) is 17.2. The minimum atomic E-state index is 0.0240. The van der Waals surface area contributed by atoms with Crippen molar-refractivity contribution in [2.75, 3.05) is 11.9 Å². The van der Waals surface area contributed by atoms with Gasteiger partial charge in [-0.05, 0) is 43.0 Å². The van der Waals surface area contributed by atoms with E-state index in [0.29, 0.717) is 22.2 Å². The summed E-state index contributed by atoms with van der Waals surface area (Å²) in [5, 5.41) is 12.5. The molecule has 1 aliphatic carbocycles. The lowest BCUT2D eigenvalue weighted by molar-refractivity contribution is 0.0691. The van der Waals surface area contributed by atoms with Gasteiger partial charge in [-0.25, -0.2) is 4.98 Å². The van der Waals surface area contributed by atoms with E-state index in [1.165, 1.54) is 4.80 Å². The number of nitrogens with zero attached hydrogens (tertiary/aromatic N) is 5. The molecule has 1 amide bonds. The summed E-state index contributed by atoms with van der Waals surface area (Å²) in [6.07, 6.45) is 6.91. The predicted octanol–water partition coefficient (Wildman–Crippen LogP) is 3.03. The van der Waals surface area contributed by atoms with Crippen molar-refractivity contribution in [3.8, 4) is 5.69 Å². The molecule has 0 radical (unpaired) electrons. The maximum Gasteiger partial charge on any atom is 0.256 e. The molecular formula is C20H19ClN6O. The van der Waals surface area contributed by atoms with Gasteiger partial charge in [0.2, 0.25) is 0 Å². The number of nitrogens with one attached hydrogen (secondary N) is 1. The molecule has 1 saturated carbocycles. The van der Waals surface area contributed by atoms with E-state index >= 15 is 0 Å². The van der Waals surface area contributed by atoms with Crippen LogP contribution < -0.4 is 5.32 Å². The van der Waals surface area contributed by atoms with E-state index in [2.05, 4.69) is 20.5 Å². The Morgan fingerprint density at radius 1 is 1.11 bits per heavy atom. The molecule has 2 bridgehead atoms. The van der Waals surface area contributed by atoms with Crippen LogP contribution in [0.4, 0.5) is 5.82 Å². The molecule has 7 nitrogen and oxygen atoms in total. The Balaban J connectivity index is 1.39. The molecule has 1 aliphatic heterocycles. The van der Waals surface area contributed by atoms with Gasteiger partial charge in [0.1, 0.15) is 5.82 Å². The summed E-state index contributed by atoms with van der Waals surface area (Å²) in [7, 11) is 0. The molecule has 1 N–H and O–H groups in total. The van der Waals surface area contributed by atoms with Gasteiger partial charge in [-0.15, -0.1) is 0 Å². The topological polar surface area (TPSA) is 75.9 Å². The number of hydrogen-bond donors (Lipinski definition) is 1. The Bertz CT molecular complexity index is 990. The second kappa shape index (κ2) is 6.91. The smallest absolute Gasteiger partial charge is 0.256 e. The van der Waals surface area contributed by atoms with Crippen LogP contribution in [0.2, 0.25) is 5.02 Å². The molecule has 0 spiro atoms. The molecule has 28 heavy (non-hydrogen) atoms. The minimum Gasteiger partial charge on any atom is -0.365 e. The number of likely N-dealkylation sites (tertiary alicyclic amines) is 1. The lowest BCUT2D eigenvalue weighted by Crippen LogP contribution is -2.48. The molecule has 5 rings (SSSR count). The average molecular weight is 395 g/mol. The van der Waals surface area contributed by atoms with Crippen LogP contribution in [0.25, 0.3) is 5.69 Å². The van der Waals surface area contributed by atoms with Gasteiger partial charge in [0.25, 0.3) is 5.91 Å². The van der Waals surface area contributed by atoms with Crippen molar-refractivity contribution in [1.82, 2.24) is 24.9 Å². The van der Waals surface area contributed by atoms with Crippen LogP contribution in [0.5, 0.6) is 0 Å². The number of amides is 1. The quantitative estimate of drug-likeness (QED) is 0.736. The maximum absolute atomic E-state index is 13.4. The molecule has 1 aromatic carbocycles. The van der Waals surface area contributed by atoms with Crippen molar-refractivity contribution in [3.05, 3.63) is 65.6 Å². The first-order valence-electron chi connectivity index (χ1n) is 9.34. The summed E-state index contributed by atoms with van der Waals surface area (Å²) in [5.74, 6) is 1.32. The molecule has 2 fully saturated rings. The number of carbonyl (C=O) groups excluding carboxylic acids is 1. The van der Waals surface area contributed by atoms with Crippen molar-refractivity contribution in [2.45, 2.75) is 24.9 Å². The van der Waals surface area contributed by atoms with Gasteiger partial charge in [-0.1, -0.05) is 23.7 Å². The Hall–Kier alpha value is -2.93. The molecular weight excluding hydrogens is 376 g/mol. The van der Waals surface area contributed by atoms with E-state index in [1.807, 2.05) is 41.3 Å². The number of carbonyl (C=O) groups is 1. The average Bonchev–Trinajstić information content (AvgIpc) is 3.46. The fourth-order valence-electron chi connectivity index (χ4n) is 4.39. The van der Waals surface area contributed by atoms with E-state index in [0.717, 1.165) is 25.2 Å². The van der Waals surface area contributed by atoms with Crippen LogP contribution in [0.1, 0.15) is 23.2 Å². The lowest BCUT2D eigenvalue weighted by Gasteiger charge is -2.34. The number of aromatic nitrogens is 4. The number of halogens is 1. The van der Waals surface area contributed by atoms with E-state index in [1.54, 1.807) is 18.6 Å². The number of para-hydroxylation sites is 1. The Labute approximate surface area is 167 Å². The van der Waals surface area contributed by atoms with Crippen molar-refractivity contribution < 1.29 is 4.79 Å². The van der Waals surface area contributed by atoms with Crippen molar-refractivity contribution in [3.63, 3.8) is 0 Å². The van der Waals surface area contributed by atoms with E-state index in [-0.39, 0.29) is 18.0 Å². The highest BCUT2D eigenvalue weighted by Gasteiger charge is 2.47. The normalized spacial score (nSPS) is 23.2. The highest BCUT2D eigenvalue weighted by molar-refractivity contribution is 6.30. The largest absolute Gasteiger partial charge is 0.365 e. The SMILES string of the molecule is O=C(c1ccccc1-n1nccn1)N1C[C@@H]2C[C@@H](Nc3ccc(Cl)cn3)[C@@H]1C2. The Morgan fingerprint density at radius 2 is 1.93 bits per heavy atom. The highest BCUT2D eigenvalue weighted by Crippen LogP contribution is 2.40. The molecule has 142 valence electrons. The van der Waals surface area contributed by atoms with Gasteiger partial charge in [0, 0.05) is 18.8 Å². The van der Waals surface area contributed by atoms with E-state index in [4.69, 9.17) is 11.6 Å². The van der Waals surface area contributed by atoms with Gasteiger partial charge in [0.05, 0.1) is 34.7 Å². The van der Waals surface area contributed by atoms with Crippen molar-refractivity contribution in [2.24, 2.45) is 5.92 Å². The predicted molar refractivity (Wildman–Crippen MR) is 106 cm³/mol. The first-order chi connectivity index (χ1) is 13.7. The third kappa shape index (κ3) is 3.01. The molecule has 3 heterocycles. The second-order valence-corrected chi connectivity index (χ2v) is 7.75. The standard InChI is InChI=1S/C20H19ClN6O/c21-14-5-6-19(22-11-14)25-16-9-13-10-18(16)26(12-13)20(28)15-3-1-2-4-17(15)27-23-7-8-24-27/h1-8,11,13,16,18H,9-10,12H2,(H,22,25)/t13-,16-,18+/m1/s1. The number of fused-ring (bicyclic) bond motifs is 2. The van der Waals surface area contributed by atoms with Gasteiger partial charge >= 0.3 is 0 Å². The van der Waals surface area contributed by atoms with Crippen LogP contribution >= 0.6 is 11.6 Å².